The lowest BCUT2D eigenvalue weighted by molar-refractivity contribution is 0.0930. The second kappa shape index (κ2) is 7.17. The van der Waals surface area contributed by atoms with Crippen LogP contribution in [0.1, 0.15) is 54.5 Å². The molecule has 0 saturated carbocycles. The van der Waals surface area contributed by atoms with Crippen molar-refractivity contribution in [2.45, 2.75) is 32.7 Å². The second-order valence-electron chi connectivity index (χ2n) is 5.57. The van der Waals surface area contributed by atoms with Crippen LogP contribution in [0.15, 0.2) is 28.8 Å². The molecule has 124 valence electrons. The molecule has 1 aromatic carbocycles. The fraction of sp³-hybridized carbons (Fsp3) is 0.412. The highest BCUT2D eigenvalue weighted by Crippen LogP contribution is 2.29. The number of benzene rings is 1. The maximum atomic E-state index is 12.3. The molecule has 0 bridgehead atoms. The second-order valence-corrected chi connectivity index (χ2v) is 5.57. The normalized spacial score (nSPS) is 12.1. The lowest BCUT2D eigenvalue weighted by Crippen LogP contribution is -2.27. The molecule has 0 aliphatic carbocycles. The molecule has 1 amide bonds. The molecule has 0 aliphatic heterocycles. The third-order valence-corrected chi connectivity index (χ3v) is 3.58. The summed E-state index contributed by atoms with van der Waals surface area (Å²) in [6.45, 7) is 5.83. The quantitative estimate of drug-likeness (QED) is 0.884. The summed E-state index contributed by atoms with van der Waals surface area (Å²) in [5.41, 5.74) is 1.09. The van der Waals surface area contributed by atoms with Crippen LogP contribution in [-0.2, 0) is 0 Å². The number of carbonyl (C=O) groups is 1. The first-order valence-electron chi connectivity index (χ1n) is 7.45. The van der Waals surface area contributed by atoms with E-state index in [1.807, 2.05) is 39.0 Å². The fourth-order valence-corrected chi connectivity index (χ4v) is 2.19. The number of aromatic nitrogens is 1. The van der Waals surface area contributed by atoms with Gasteiger partial charge in [0.05, 0.1) is 20.3 Å². The summed E-state index contributed by atoms with van der Waals surface area (Å²) in [5, 5.41) is 6.71. The van der Waals surface area contributed by atoms with Crippen LogP contribution in [0.5, 0.6) is 11.5 Å². The van der Waals surface area contributed by atoms with Gasteiger partial charge in [-0.3, -0.25) is 4.79 Å². The number of rotatable bonds is 6. The van der Waals surface area contributed by atoms with E-state index in [-0.39, 0.29) is 23.6 Å². The zero-order chi connectivity index (χ0) is 17.0. The molecule has 0 spiro atoms. The number of methoxy groups -OCH3 is 2. The van der Waals surface area contributed by atoms with Gasteiger partial charge in [-0.15, -0.1) is 0 Å². The molecule has 0 saturated heterocycles. The zero-order valence-electron chi connectivity index (χ0n) is 14.0. The Morgan fingerprint density at radius 1 is 1.17 bits per heavy atom. The zero-order valence-corrected chi connectivity index (χ0v) is 14.0. The molecule has 0 radical (unpaired) electrons. The van der Waals surface area contributed by atoms with Crippen LogP contribution in [0.4, 0.5) is 0 Å². The minimum Gasteiger partial charge on any atom is -0.497 e. The highest BCUT2D eigenvalue weighted by molar-refractivity contribution is 5.92. The van der Waals surface area contributed by atoms with Crippen molar-refractivity contribution in [2.75, 3.05) is 14.2 Å². The van der Waals surface area contributed by atoms with Gasteiger partial charge in [0.15, 0.2) is 5.69 Å². The monoisotopic (exact) mass is 318 g/mol. The first-order valence-corrected chi connectivity index (χ1v) is 7.45. The number of hydrogen-bond acceptors (Lipinski definition) is 5. The molecule has 1 unspecified atom stereocenters. The van der Waals surface area contributed by atoms with E-state index >= 15 is 0 Å². The molecule has 23 heavy (non-hydrogen) atoms. The Balaban J connectivity index is 2.17. The smallest absolute Gasteiger partial charge is 0.273 e. The van der Waals surface area contributed by atoms with E-state index in [1.54, 1.807) is 20.3 Å². The Kier molecular flexibility index (Phi) is 5.26. The van der Waals surface area contributed by atoms with E-state index in [9.17, 15) is 4.79 Å². The molecule has 0 aliphatic rings. The Morgan fingerprint density at radius 3 is 2.48 bits per heavy atom. The molecular formula is C17H22N2O4. The van der Waals surface area contributed by atoms with E-state index in [1.165, 1.54) is 0 Å². The molecule has 2 aromatic rings. The number of nitrogens with zero attached hydrogens (tertiary/aromatic N) is 1. The first-order chi connectivity index (χ1) is 11.0. The molecule has 1 aromatic heterocycles. The van der Waals surface area contributed by atoms with Crippen molar-refractivity contribution < 1.29 is 18.8 Å². The number of ether oxygens (including phenoxy) is 2. The van der Waals surface area contributed by atoms with Crippen LogP contribution < -0.4 is 14.8 Å². The van der Waals surface area contributed by atoms with E-state index in [0.29, 0.717) is 17.3 Å². The molecular weight excluding hydrogens is 296 g/mol. The van der Waals surface area contributed by atoms with E-state index in [4.69, 9.17) is 14.0 Å². The van der Waals surface area contributed by atoms with Gasteiger partial charge in [-0.2, -0.15) is 0 Å². The van der Waals surface area contributed by atoms with Crippen molar-refractivity contribution in [3.8, 4) is 11.5 Å². The van der Waals surface area contributed by atoms with Gasteiger partial charge in [0, 0.05) is 17.5 Å². The molecule has 6 nitrogen and oxygen atoms in total. The maximum Gasteiger partial charge on any atom is 0.273 e. The van der Waals surface area contributed by atoms with Gasteiger partial charge in [0.25, 0.3) is 5.91 Å². The van der Waals surface area contributed by atoms with Crippen LogP contribution in [-0.4, -0.2) is 25.3 Å². The minimum absolute atomic E-state index is 0.181. The largest absolute Gasteiger partial charge is 0.497 e. The van der Waals surface area contributed by atoms with Crippen molar-refractivity contribution in [1.29, 1.82) is 0 Å². The highest BCUT2D eigenvalue weighted by Gasteiger charge is 2.19. The van der Waals surface area contributed by atoms with Crippen LogP contribution in [0.2, 0.25) is 0 Å². The third-order valence-electron chi connectivity index (χ3n) is 3.58. The standard InChI is InChI=1S/C17H22N2O4/c1-10(2)16-9-14(19-23-16)17(20)18-11(3)13-8-12(21-4)6-7-15(13)22-5/h6-11H,1-5H3,(H,18,20). The van der Waals surface area contributed by atoms with Gasteiger partial charge in [-0.1, -0.05) is 19.0 Å². The Labute approximate surface area is 135 Å². The van der Waals surface area contributed by atoms with E-state index in [0.717, 1.165) is 5.56 Å². The van der Waals surface area contributed by atoms with E-state index < -0.39 is 0 Å². The van der Waals surface area contributed by atoms with Crippen molar-refractivity contribution >= 4 is 5.91 Å². The lowest BCUT2D eigenvalue weighted by Gasteiger charge is -2.17. The number of amides is 1. The van der Waals surface area contributed by atoms with Crippen LogP contribution in [0.3, 0.4) is 0 Å². The fourth-order valence-electron chi connectivity index (χ4n) is 2.19. The van der Waals surface area contributed by atoms with Crippen molar-refractivity contribution in [1.82, 2.24) is 10.5 Å². The van der Waals surface area contributed by atoms with Gasteiger partial charge >= 0.3 is 0 Å². The summed E-state index contributed by atoms with van der Waals surface area (Å²) in [6.07, 6.45) is 0. The number of carbonyl (C=O) groups excluding carboxylic acids is 1. The number of hydrogen-bond donors (Lipinski definition) is 1. The van der Waals surface area contributed by atoms with Gasteiger partial charge < -0.3 is 19.3 Å². The first kappa shape index (κ1) is 16.9. The molecule has 0 fully saturated rings. The summed E-state index contributed by atoms with van der Waals surface area (Å²) >= 11 is 0. The predicted octanol–water partition coefficient (Wildman–Crippen LogP) is 3.31. The molecule has 1 N–H and O–H groups in total. The molecule has 6 heteroatoms. The van der Waals surface area contributed by atoms with Crippen LogP contribution >= 0.6 is 0 Å². The maximum absolute atomic E-state index is 12.3. The summed E-state index contributed by atoms with van der Waals surface area (Å²) in [7, 11) is 3.18. The van der Waals surface area contributed by atoms with Crippen LogP contribution in [0.25, 0.3) is 0 Å². The van der Waals surface area contributed by atoms with Gasteiger partial charge in [-0.25, -0.2) is 0 Å². The Hall–Kier alpha value is -2.50. The lowest BCUT2D eigenvalue weighted by atomic mass is 10.1. The van der Waals surface area contributed by atoms with Crippen molar-refractivity contribution in [3.05, 3.63) is 41.3 Å². The predicted molar refractivity (Wildman–Crippen MR) is 86.0 cm³/mol. The molecule has 1 atom stereocenters. The Bertz CT molecular complexity index is 679. The average molecular weight is 318 g/mol. The SMILES string of the molecule is COc1ccc(OC)c(C(C)NC(=O)c2cc(C(C)C)on2)c1. The highest BCUT2D eigenvalue weighted by atomic mass is 16.5. The Morgan fingerprint density at radius 2 is 1.91 bits per heavy atom. The number of nitrogens with one attached hydrogen (secondary N) is 1. The topological polar surface area (TPSA) is 73.6 Å². The van der Waals surface area contributed by atoms with Gasteiger partial charge in [-0.05, 0) is 25.1 Å². The molecule has 1 heterocycles. The van der Waals surface area contributed by atoms with Crippen LogP contribution in [0, 0.1) is 0 Å². The summed E-state index contributed by atoms with van der Waals surface area (Å²) in [6, 6.07) is 6.85. The van der Waals surface area contributed by atoms with Gasteiger partial charge in [0.1, 0.15) is 17.3 Å². The third kappa shape index (κ3) is 3.83. The van der Waals surface area contributed by atoms with Crippen molar-refractivity contribution in [3.63, 3.8) is 0 Å². The minimum atomic E-state index is -0.293. The average Bonchev–Trinajstić information content (AvgIpc) is 3.04. The van der Waals surface area contributed by atoms with Crippen molar-refractivity contribution in [2.24, 2.45) is 0 Å². The van der Waals surface area contributed by atoms with E-state index in [2.05, 4.69) is 10.5 Å². The van der Waals surface area contributed by atoms with Gasteiger partial charge in [0.2, 0.25) is 0 Å². The summed E-state index contributed by atoms with van der Waals surface area (Å²) in [4.78, 5) is 12.3. The molecule has 2 rings (SSSR count). The summed E-state index contributed by atoms with van der Waals surface area (Å²) < 4.78 is 15.7. The summed E-state index contributed by atoms with van der Waals surface area (Å²) in [5.74, 6) is 1.95.